The van der Waals surface area contributed by atoms with Crippen molar-refractivity contribution in [2.75, 3.05) is 0 Å². The minimum Gasteiger partial charge on any atom is -0.414 e. The lowest BCUT2D eigenvalue weighted by Gasteiger charge is -2.58. The first-order valence-electron chi connectivity index (χ1n) is 12.4. The van der Waals surface area contributed by atoms with Crippen LogP contribution in [-0.2, 0) is 4.43 Å². The second-order valence-electron chi connectivity index (χ2n) is 13.0. The van der Waals surface area contributed by atoms with Gasteiger partial charge in [-0.1, -0.05) is 65.2 Å². The molecule has 0 heterocycles. The number of hydrogen-bond donors (Lipinski definition) is 0. The summed E-state index contributed by atoms with van der Waals surface area (Å²) in [5, 5.41) is 0.286. The standard InChI is InChI=1S/C28H44OSi/c1-10-20-17-19(2)25-23-12-11-21-18-22(29-30(8,9)26(3,4)5)13-15-27(21,6)24(23)14-16-28(20,25)7/h1,11,17,19,22-25H,12-16,18H2,2-9H3/t19?,22-,23?,24?,25?,27-,28+/m0/s1. The van der Waals surface area contributed by atoms with E-state index in [1.165, 1.54) is 37.7 Å². The van der Waals surface area contributed by atoms with Gasteiger partial charge in [-0.25, -0.2) is 0 Å². The normalized spacial score (nSPS) is 43.6. The zero-order chi connectivity index (χ0) is 22.1. The summed E-state index contributed by atoms with van der Waals surface area (Å²) in [6.45, 7) is 19.4. The number of allylic oxidation sites excluding steroid dienone is 3. The molecule has 30 heavy (non-hydrogen) atoms. The molecule has 0 bridgehead atoms. The fourth-order valence-corrected chi connectivity index (χ4v) is 9.02. The minimum absolute atomic E-state index is 0.236. The molecule has 0 aromatic heterocycles. The summed E-state index contributed by atoms with van der Waals surface area (Å²) >= 11 is 0. The zero-order valence-electron chi connectivity index (χ0n) is 20.8. The summed E-state index contributed by atoms with van der Waals surface area (Å²) in [4.78, 5) is 0. The maximum atomic E-state index is 6.87. The highest BCUT2D eigenvalue weighted by molar-refractivity contribution is 6.74. The zero-order valence-corrected chi connectivity index (χ0v) is 21.8. The van der Waals surface area contributed by atoms with Crippen LogP contribution in [0, 0.1) is 46.8 Å². The molecule has 4 rings (SSSR count). The van der Waals surface area contributed by atoms with Crippen LogP contribution >= 0.6 is 0 Å². The molecule has 1 nitrogen and oxygen atoms in total. The van der Waals surface area contributed by atoms with E-state index in [1.807, 2.05) is 0 Å². The SMILES string of the molecule is C#CC1=CC(C)C2C3CC=C4C[C@@H](O[Si](C)(C)C(C)(C)C)CC[C@]4(C)C3CC[C@]12C. The van der Waals surface area contributed by atoms with Gasteiger partial charge in [0.2, 0.25) is 0 Å². The van der Waals surface area contributed by atoms with Gasteiger partial charge in [0.15, 0.2) is 8.32 Å². The molecular formula is C28H44OSi. The van der Waals surface area contributed by atoms with Crippen LogP contribution in [0.15, 0.2) is 23.3 Å². The molecule has 4 unspecified atom stereocenters. The molecule has 0 aliphatic heterocycles. The highest BCUT2D eigenvalue weighted by Crippen LogP contribution is 2.66. The van der Waals surface area contributed by atoms with Gasteiger partial charge in [0.05, 0.1) is 0 Å². The minimum atomic E-state index is -1.71. The first-order chi connectivity index (χ1) is 13.8. The van der Waals surface area contributed by atoms with Gasteiger partial charge in [-0.05, 0) is 85.7 Å². The Bertz CT molecular complexity index is 805. The van der Waals surface area contributed by atoms with Gasteiger partial charge in [-0.15, -0.1) is 6.42 Å². The Balaban J connectivity index is 1.56. The van der Waals surface area contributed by atoms with Gasteiger partial charge >= 0.3 is 0 Å². The molecule has 2 fully saturated rings. The molecule has 4 aliphatic carbocycles. The number of hydrogen-bond acceptors (Lipinski definition) is 1. The Morgan fingerprint density at radius 3 is 2.43 bits per heavy atom. The van der Waals surface area contributed by atoms with E-state index in [0.717, 1.165) is 24.2 Å². The van der Waals surface area contributed by atoms with Crippen LogP contribution < -0.4 is 0 Å². The van der Waals surface area contributed by atoms with E-state index in [1.54, 1.807) is 5.57 Å². The topological polar surface area (TPSA) is 9.23 Å². The van der Waals surface area contributed by atoms with Crippen molar-refractivity contribution in [2.24, 2.45) is 34.5 Å². The molecule has 0 saturated heterocycles. The molecule has 2 saturated carbocycles. The Kier molecular flexibility index (Phi) is 5.31. The summed E-state index contributed by atoms with van der Waals surface area (Å²) in [5.41, 5.74) is 3.62. The molecule has 0 amide bonds. The summed E-state index contributed by atoms with van der Waals surface area (Å²) in [6, 6.07) is 0. The van der Waals surface area contributed by atoms with Crippen LogP contribution in [0.25, 0.3) is 0 Å². The Hall–Kier alpha value is -0.783. The van der Waals surface area contributed by atoms with E-state index >= 15 is 0 Å². The molecule has 7 atom stereocenters. The average molecular weight is 425 g/mol. The second-order valence-corrected chi connectivity index (χ2v) is 17.7. The lowest BCUT2D eigenvalue weighted by molar-refractivity contribution is -0.0389. The molecule has 0 N–H and O–H groups in total. The Morgan fingerprint density at radius 1 is 1.13 bits per heavy atom. The maximum absolute atomic E-state index is 6.87. The van der Waals surface area contributed by atoms with E-state index in [0.29, 0.717) is 17.4 Å². The third kappa shape index (κ3) is 3.22. The van der Waals surface area contributed by atoms with E-state index in [-0.39, 0.29) is 10.5 Å². The number of fused-ring (bicyclic) bond motifs is 5. The number of terminal acetylenes is 1. The van der Waals surface area contributed by atoms with Gasteiger partial charge in [-0.3, -0.25) is 0 Å². The molecule has 0 aromatic rings. The van der Waals surface area contributed by atoms with Crippen molar-refractivity contribution in [3.63, 3.8) is 0 Å². The Labute approximate surface area is 187 Å². The molecule has 0 spiro atoms. The third-order valence-electron chi connectivity index (χ3n) is 10.3. The van der Waals surface area contributed by atoms with Crippen molar-refractivity contribution in [3.8, 4) is 12.3 Å². The maximum Gasteiger partial charge on any atom is 0.192 e. The summed E-state index contributed by atoms with van der Waals surface area (Å²) in [5.74, 6) is 6.01. The van der Waals surface area contributed by atoms with Crippen LogP contribution in [0.5, 0.6) is 0 Å². The van der Waals surface area contributed by atoms with Crippen molar-refractivity contribution in [1.82, 2.24) is 0 Å². The molecule has 166 valence electrons. The van der Waals surface area contributed by atoms with E-state index < -0.39 is 8.32 Å². The van der Waals surface area contributed by atoms with Gasteiger partial charge in [-0.2, -0.15) is 0 Å². The summed E-state index contributed by atoms with van der Waals surface area (Å²) in [6.07, 6.45) is 19.0. The third-order valence-corrected chi connectivity index (χ3v) is 14.9. The predicted molar refractivity (Wildman–Crippen MR) is 131 cm³/mol. The van der Waals surface area contributed by atoms with Gasteiger partial charge in [0.25, 0.3) is 0 Å². The lowest BCUT2D eigenvalue weighted by Crippen LogP contribution is -2.52. The first-order valence-corrected chi connectivity index (χ1v) is 15.3. The van der Waals surface area contributed by atoms with Crippen LogP contribution in [0.4, 0.5) is 0 Å². The fraction of sp³-hybridized carbons (Fsp3) is 0.786. The molecular weight excluding hydrogens is 380 g/mol. The van der Waals surface area contributed by atoms with E-state index in [9.17, 15) is 0 Å². The van der Waals surface area contributed by atoms with Gasteiger partial charge < -0.3 is 4.43 Å². The molecule has 0 radical (unpaired) electrons. The molecule has 4 aliphatic rings. The lowest BCUT2D eigenvalue weighted by atomic mass is 9.46. The number of rotatable bonds is 2. The summed E-state index contributed by atoms with van der Waals surface area (Å²) < 4.78 is 6.87. The highest BCUT2D eigenvalue weighted by atomic mass is 28.4. The summed E-state index contributed by atoms with van der Waals surface area (Å²) in [7, 11) is -1.71. The van der Waals surface area contributed by atoms with Crippen LogP contribution in [0.1, 0.15) is 80.1 Å². The molecule has 2 heteroatoms. The van der Waals surface area contributed by atoms with Crippen LogP contribution in [0.2, 0.25) is 18.1 Å². The fourth-order valence-electron chi connectivity index (χ4n) is 7.63. The van der Waals surface area contributed by atoms with Crippen molar-refractivity contribution in [2.45, 2.75) is 104 Å². The second kappa shape index (κ2) is 7.11. The monoisotopic (exact) mass is 424 g/mol. The van der Waals surface area contributed by atoms with E-state index in [4.69, 9.17) is 10.8 Å². The predicted octanol–water partition coefficient (Wildman–Crippen LogP) is 7.76. The molecule has 0 aromatic carbocycles. The first kappa shape index (κ1) is 22.4. The largest absolute Gasteiger partial charge is 0.414 e. The van der Waals surface area contributed by atoms with Crippen molar-refractivity contribution >= 4 is 8.32 Å². The quantitative estimate of drug-likeness (QED) is 0.250. The van der Waals surface area contributed by atoms with Gasteiger partial charge in [0.1, 0.15) is 0 Å². The van der Waals surface area contributed by atoms with Crippen LogP contribution in [0.3, 0.4) is 0 Å². The Morgan fingerprint density at radius 2 is 1.80 bits per heavy atom. The van der Waals surface area contributed by atoms with Crippen LogP contribution in [-0.4, -0.2) is 14.4 Å². The van der Waals surface area contributed by atoms with Crippen molar-refractivity contribution in [1.29, 1.82) is 0 Å². The van der Waals surface area contributed by atoms with Gasteiger partial charge in [0, 0.05) is 17.1 Å². The smallest absolute Gasteiger partial charge is 0.192 e. The average Bonchev–Trinajstić information content (AvgIpc) is 2.91. The van der Waals surface area contributed by atoms with Crippen molar-refractivity contribution < 1.29 is 4.43 Å². The van der Waals surface area contributed by atoms with E-state index in [2.05, 4.69) is 72.7 Å². The highest BCUT2D eigenvalue weighted by Gasteiger charge is 2.58. The van der Waals surface area contributed by atoms with Crippen molar-refractivity contribution in [3.05, 3.63) is 23.3 Å².